The van der Waals surface area contributed by atoms with Gasteiger partial charge in [0, 0.05) is 32.3 Å². The summed E-state index contributed by atoms with van der Waals surface area (Å²) in [6.07, 6.45) is 4.65. The molecule has 1 saturated carbocycles. The smallest absolute Gasteiger partial charge is 0.227 e. The monoisotopic (exact) mass is 266 g/mol. The van der Waals surface area contributed by atoms with Crippen LogP contribution in [0.25, 0.3) is 0 Å². The summed E-state index contributed by atoms with van der Waals surface area (Å²) in [7, 11) is 0. The summed E-state index contributed by atoms with van der Waals surface area (Å²) in [6, 6.07) is 0.459. The Kier molecular flexibility index (Phi) is 4.08. The molecule has 0 aromatic rings. The molecule has 108 valence electrons. The third kappa shape index (κ3) is 2.65. The Bertz CT molecular complexity index is 308. The van der Waals surface area contributed by atoms with Crippen LogP contribution in [0.1, 0.15) is 32.6 Å². The molecule has 3 atom stereocenters. The number of nitrogens with one attached hydrogen (secondary N) is 1. The van der Waals surface area contributed by atoms with Gasteiger partial charge in [-0.2, -0.15) is 0 Å². The van der Waals surface area contributed by atoms with E-state index in [1.165, 1.54) is 12.8 Å². The van der Waals surface area contributed by atoms with Gasteiger partial charge in [-0.05, 0) is 51.0 Å². The van der Waals surface area contributed by atoms with Crippen molar-refractivity contribution >= 4 is 5.91 Å². The van der Waals surface area contributed by atoms with E-state index in [-0.39, 0.29) is 5.92 Å². The zero-order valence-electron chi connectivity index (χ0n) is 11.9. The van der Waals surface area contributed by atoms with Crippen LogP contribution in [0.15, 0.2) is 0 Å². The number of hydrogen-bond acceptors (Lipinski definition) is 3. The molecule has 1 aliphatic carbocycles. The van der Waals surface area contributed by atoms with E-state index in [0.29, 0.717) is 23.8 Å². The second-order valence-corrected chi connectivity index (χ2v) is 6.31. The van der Waals surface area contributed by atoms with Gasteiger partial charge in [0.2, 0.25) is 5.91 Å². The van der Waals surface area contributed by atoms with Crippen LogP contribution < -0.4 is 5.32 Å². The minimum Gasteiger partial charge on any atom is -0.381 e. The quantitative estimate of drug-likeness (QED) is 0.833. The molecule has 3 aliphatic rings. The minimum absolute atomic E-state index is 0.264. The summed E-state index contributed by atoms with van der Waals surface area (Å²) in [5, 5.41) is 3.50. The van der Waals surface area contributed by atoms with Gasteiger partial charge in [0.25, 0.3) is 0 Å². The average molecular weight is 266 g/mol. The lowest BCUT2D eigenvalue weighted by Gasteiger charge is -2.31. The fraction of sp³-hybridized carbons (Fsp3) is 0.933. The van der Waals surface area contributed by atoms with Gasteiger partial charge in [0.15, 0.2) is 0 Å². The highest BCUT2D eigenvalue weighted by molar-refractivity contribution is 5.80. The van der Waals surface area contributed by atoms with Crippen molar-refractivity contribution in [3.8, 4) is 0 Å². The van der Waals surface area contributed by atoms with Crippen LogP contribution in [0.5, 0.6) is 0 Å². The maximum absolute atomic E-state index is 12.8. The first kappa shape index (κ1) is 13.4. The van der Waals surface area contributed by atoms with Gasteiger partial charge in [0.05, 0.1) is 5.92 Å². The fourth-order valence-electron chi connectivity index (χ4n) is 4.04. The van der Waals surface area contributed by atoms with E-state index in [9.17, 15) is 4.79 Å². The Morgan fingerprint density at radius 2 is 2.05 bits per heavy atom. The van der Waals surface area contributed by atoms with Gasteiger partial charge in [-0.15, -0.1) is 0 Å². The molecule has 0 radical (unpaired) electrons. The summed E-state index contributed by atoms with van der Waals surface area (Å²) in [4.78, 5) is 14.9. The van der Waals surface area contributed by atoms with Gasteiger partial charge >= 0.3 is 0 Å². The molecule has 1 N–H and O–H groups in total. The van der Waals surface area contributed by atoms with E-state index < -0.39 is 0 Å². The molecule has 1 amide bonds. The average Bonchev–Trinajstić information content (AvgIpc) is 3.05. The Morgan fingerprint density at radius 1 is 1.26 bits per heavy atom. The Hall–Kier alpha value is -0.610. The summed E-state index contributed by atoms with van der Waals surface area (Å²) in [6.45, 7) is 6.69. The molecule has 0 unspecified atom stereocenters. The summed E-state index contributed by atoms with van der Waals surface area (Å²) < 4.78 is 5.41. The van der Waals surface area contributed by atoms with Crippen LogP contribution in [0.3, 0.4) is 0 Å². The summed E-state index contributed by atoms with van der Waals surface area (Å²) in [5.41, 5.74) is 0. The highest BCUT2D eigenvalue weighted by Crippen LogP contribution is 2.38. The standard InChI is InChI=1S/C15H26N2O2/c1-2-17(10-11-5-7-19-8-6-11)15(18)14-12-3-4-13(14)16-9-12/h11-14,16H,2-10H2,1H3/t12-,13-,14+/m0/s1. The molecule has 19 heavy (non-hydrogen) atoms. The van der Waals surface area contributed by atoms with E-state index in [1.807, 2.05) is 0 Å². The van der Waals surface area contributed by atoms with Crippen molar-refractivity contribution in [2.45, 2.75) is 38.6 Å². The third-order valence-corrected chi connectivity index (χ3v) is 5.23. The first-order valence-corrected chi connectivity index (χ1v) is 7.89. The van der Waals surface area contributed by atoms with E-state index in [1.54, 1.807) is 0 Å². The molecule has 3 rings (SSSR count). The van der Waals surface area contributed by atoms with Crippen molar-refractivity contribution in [1.29, 1.82) is 0 Å². The largest absolute Gasteiger partial charge is 0.381 e. The molecule has 4 nitrogen and oxygen atoms in total. The van der Waals surface area contributed by atoms with Crippen molar-refractivity contribution in [3.63, 3.8) is 0 Å². The van der Waals surface area contributed by atoms with Crippen molar-refractivity contribution in [2.24, 2.45) is 17.8 Å². The minimum atomic E-state index is 0.264. The van der Waals surface area contributed by atoms with E-state index in [0.717, 1.165) is 45.7 Å². The molecule has 2 aliphatic heterocycles. The topological polar surface area (TPSA) is 41.6 Å². The van der Waals surface area contributed by atoms with Gasteiger partial charge < -0.3 is 15.0 Å². The zero-order valence-corrected chi connectivity index (χ0v) is 11.9. The van der Waals surface area contributed by atoms with Crippen LogP contribution in [0.4, 0.5) is 0 Å². The summed E-state index contributed by atoms with van der Waals surface area (Å²) >= 11 is 0. The van der Waals surface area contributed by atoms with E-state index in [4.69, 9.17) is 4.74 Å². The van der Waals surface area contributed by atoms with Crippen LogP contribution in [-0.4, -0.2) is 49.7 Å². The number of rotatable bonds is 4. The lowest BCUT2D eigenvalue weighted by molar-refractivity contribution is -0.137. The van der Waals surface area contributed by atoms with Gasteiger partial charge in [0.1, 0.15) is 0 Å². The zero-order chi connectivity index (χ0) is 13.2. The first-order valence-electron chi connectivity index (χ1n) is 7.89. The maximum Gasteiger partial charge on any atom is 0.227 e. The second-order valence-electron chi connectivity index (χ2n) is 6.31. The number of fused-ring (bicyclic) bond motifs is 2. The van der Waals surface area contributed by atoms with E-state index >= 15 is 0 Å². The Balaban J connectivity index is 1.60. The van der Waals surface area contributed by atoms with Gasteiger partial charge in [-0.25, -0.2) is 0 Å². The molecular weight excluding hydrogens is 240 g/mol. The second kappa shape index (κ2) is 5.80. The maximum atomic E-state index is 12.8. The number of ether oxygens (including phenoxy) is 1. The highest BCUT2D eigenvalue weighted by Gasteiger charge is 2.46. The van der Waals surface area contributed by atoms with Gasteiger partial charge in [-0.1, -0.05) is 0 Å². The highest BCUT2D eigenvalue weighted by atomic mass is 16.5. The fourth-order valence-corrected chi connectivity index (χ4v) is 4.04. The van der Waals surface area contributed by atoms with Crippen LogP contribution >= 0.6 is 0 Å². The van der Waals surface area contributed by atoms with Crippen molar-refractivity contribution in [2.75, 3.05) is 32.8 Å². The molecule has 0 spiro atoms. The van der Waals surface area contributed by atoms with E-state index in [2.05, 4.69) is 17.1 Å². The van der Waals surface area contributed by atoms with Gasteiger partial charge in [-0.3, -0.25) is 4.79 Å². The number of carbonyl (C=O) groups excluding carboxylic acids is 1. The normalized spacial score (nSPS) is 34.7. The number of hydrogen-bond donors (Lipinski definition) is 1. The molecule has 2 saturated heterocycles. The molecular formula is C15H26N2O2. The number of carbonyl (C=O) groups is 1. The van der Waals surface area contributed by atoms with Crippen LogP contribution in [0.2, 0.25) is 0 Å². The predicted octanol–water partition coefficient (Wildman–Crippen LogP) is 1.26. The number of piperidine rings is 1. The summed E-state index contributed by atoms with van der Waals surface area (Å²) in [5.74, 6) is 1.91. The van der Waals surface area contributed by atoms with Crippen molar-refractivity contribution in [1.82, 2.24) is 10.2 Å². The van der Waals surface area contributed by atoms with Crippen LogP contribution in [-0.2, 0) is 9.53 Å². The van der Waals surface area contributed by atoms with Crippen molar-refractivity contribution < 1.29 is 9.53 Å². The molecule has 2 bridgehead atoms. The molecule has 3 fully saturated rings. The number of amides is 1. The number of nitrogens with zero attached hydrogens (tertiary/aromatic N) is 1. The predicted molar refractivity (Wildman–Crippen MR) is 73.8 cm³/mol. The first-order chi connectivity index (χ1) is 9.29. The third-order valence-electron chi connectivity index (χ3n) is 5.23. The van der Waals surface area contributed by atoms with Crippen molar-refractivity contribution in [3.05, 3.63) is 0 Å². The SMILES string of the molecule is CCN(CC1CCOCC1)C(=O)[C@@H]1[C@H]2CC[C@@H]1NC2. The lowest BCUT2D eigenvalue weighted by Crippen LogP contribution is -2.43. The molecule has 2 heterocycles. The molecule has 4 heteroatoms. The lowest BCUT2D eigenvalue weighted by atomic mass is 9.94. The molecule has 0 aromatic heterocycles. The Morgan fingerprint density at radius 3 is 2.58 bits per heavy atom. The Labute approximate surface area is 115 Å². The molecule has 0 aromatic carbocycles. The van der Waals surface area contributed by atoms with Crippen LogP contribution in [0, 0.1) is 17.8 Å².